The lowest BCUT2D eigenvalue weighted by atomic mass is 10.2. The number of rotatable bonds is 6. The van der Waals surface area contributed by atoms with Crippen LogP contribution in [0.25, 0.3) is 11.0 Å². The van der Waals surface area contributed by atoms with Crippen molar-refractivity contribution >= 4 is 22.4 Å². The molecule has 0 radical (unpaired) electrons. The Morgan fingerprint density at radius 2 is 2.04 bits per heavy atom. The van der Waals surface area contributed by atoms with Gasteiger partial charge in [-0.25, -0.2) is 0 Å². The minimum atomic E-state index is -0.410. The predicted molar refractivity (Wildman–Crippen MR) is 98.4 cm³/mol. The summed E-state index contributed by atoms with van der Waals surface area (Å²) in [4.78, 5) is 28.3. The molecule has 0 N–H and O–H groups in total. The predicted octanol–water partition coefficient (Wildman–Crippen LogP) is 1.94. The number of unbranched alkanes of at least 4 members (excludes halogenated alkanes) is 2. The zero-order chi connectivity index (χ0) is 17.8. The molecule has 0 amide bonds. The number of benzene rings is 1. The van der Waals surface area contributed by atoms with Crippen LogP contribution in [0.1, 0.15) is 37.4 Å². The number of aromatic nitrogens is 3. The molecule has 130 valence electrons. The maximum atomic E-state index is 12.5. The molecule has 2 heterocycles. The number of nitrogens with zero attached hydrogens (tertiary/aromatic N) is 3. The molecule has 0 unspecified atom stereocenters. The molecule has 0 saturated heterocycles. The van der Waals surface area contributed by atoms with E-state index in [4.69, 9.17) is 4.74 Å². The summed E-state index contributed by atoms with van der Waals surface area (Å²) < 4.78 is 7.49. The average molecular weight is 357 g/mol. The highest BCUT2D eigenvalue weighted by Gasteiger charge is 2.09. The molecule has 2 aromatic heterocycles. The van der Waals surface area contributed by atoms with Crippen molar-refractivity contribution in [3.05, 3.63) is 60.8 Å². The highest BCUT2D eigenvalue weighted by molar-refractivity contribution is 7.15. The summed E-state index contributed by atoms with van der Waals surface area (Å²) in [6.45, 7) is 4.33. The molecule has 7 heteroatoms. The summed E-state index contributed by atoms with van der Waals surface area (Å²) in [6, 6.07) is 7.58. The average Bonchev–Trinajstić information content (AvgIpc) is 2.89. The third-order valence-electron chi connectivity index (χ3n) is 3.75. The Morgan fingerprint density at radius 3 is 2.84 bits per heavy atom. The Morgan fingerprint density at radius 1 is 1.24 bits per heavy atom. The number of hydrogen-bond donors (Lipinski definition) is 0. The van der Waals surface area contributed by atoms with Crippen LogP contribution >= 0.6 is 11.3 Å². The van der Waals surface area contributed by atoms with E-state index in [1.165, 1.54) is 4.52 Å². The molecule has 0 aliphatic carbocycles. The van der Waals surface area contributed by atoms with Crippen LogP contribution in [0.4, 0.5) is 0 Å². The first kappa shape index (κ1) is 17.3. The number of fused-ring (bicyclic) bond motifs is 1. The van der Waals surface area contributed by atoms with Gasteiger partial charge >= 0.3 is 0 Å². The number of hydrogen-bond acceptors (Lipinski definition) is 6. The largest absolute Gasteiger partial charge is 0.493 e. The number of para-hydroxylation sites is 1. The van der Waals surface area contributed by atoms with Crippen LogP contribution in [-0.2, 0) is 0 Å². The summed E-state index contributed by atoms with van der Waals surface area (Å²) in [6.07, 6.45) is 5.02. The van der Waals surface area contributed by atoms with E-state index in [-0.39, 0.29) is 11.3 Å². The van der Waals surface area contributed by atoms with Gasteiger partial charge in [-0.3, -0.25) is 9.59 Å². The minimum absolute atomic E-state index is 0.207. The van der Waals surface area contributed by atoms with Crippen LogP contribution in [0.2, 0.25) is 0 Å². The molecule has 6 nitrogen and oxygen atoms in total. The van der Waals surface area contributed by atoms with Gasteiger partial charge in [-0.1, -0.05) is 49.3 Å². The molecule has 1 aromatic carbocycles. The molecule has 0 spiro atoms. The van der Waals surface area contributed by atoms with Gasteiger partial charge in [-0.2, -0.15) is 14.6 Å². The fraction of sp³-hybridized carbons (Fsp3) is 0.333. The van der Waals surface area contributed by atoms with Crippen molar-refractivity contribution in [1.29, 1.82) is 0 Å². The van der Waals surface area contributed by atoms with Crippen molar-refractivity contribution in [1.82, 2.24) is 14.6 Å². The maximum Gasteiger partial charge on any atom is 0.295 e. The topological polar surface area (TPSA) is 73.6 Å². The number of ether oxygens (including phenoxy) is 1. The van der Waals surface area contributed by atoms with Crippen molar-refractivity contribution in [3.8, 4) is 5.75 Å². The highest BCUT2D eigenvalue weighted by atomic mass is 32.1. The Hall–Kier alpha value is -2.54. The SMILES string of the molecule is CCCCCOc1ccccc1/C=c1/sc2nc(=O)c(C)nn2c1=O. The molecule has 0 fully saturated rings. The molecule has 0 aliphatic heterocycles. The van der Waals surface area contributed by atoms with Crippen molar-refractivity contribution in [2.24, 2.45) is 0 Å². The van der Waals surface area contributed by atoms with Crippen LogP contribution < -0.4 is 20.4 Å². The normalized spacial score (nSPS) is 12.0. The van der Waals surface area contributed by atoms with Crippen LogP contribution in [-0.4, -0.2) is 21.2 Å². The van der Waals surface area contributed by atoms with Gasteiger partial charge in [-0.05, 0) is 25.5 Å². The third-order valence-corrected chi connectivity index (χ3v) is 4.71. The number of aryl methyl sites for hydroxylation is 1. The van der Waals surface area contributed by atoms with E-state index in [0.717, 1.165) is 41.9 Å². The Labute approximate surface area is 148 Å². The molecule has 3 rings (SSSR count). The Balaban J connectivity index is 2.01. The van der Waals surface area contributed by atoms with Gasteiger partial charge in [0, 0.05) is 5.56 Å². The van der Waals surface area contributed by atoms with E-state index < -0.39 is 5.56 Å². The summed E-state index contributed by atoms with van der Waals surface area (Å²) in [5.74, 6) is 0.738. The molecule has 25 heavy (non-hydrogen) atoms. The van der Waals surface area contributed by atoms with E-state index in [0.29, 0.717) is 16.1 Å². The fourth-order valence-corrected chi connectivity index (χ4v) is 3.29. The standard InChI is InChI=1S/C18H19N3O3S/c1-3-4-7-10-24-14-9-6-5-8-13(14)11-15-17(23)21-18(25-15)19-16(22)12(2)20-21/h5-6,8-9,11H,3-4,7,10H2,1-2H3/b15-11+. The summed E-state index contributed by atoms with van der Waals surface area (Å²) in [5.41, 5.74) is 0.338. The van der Waals surface area contributed by atoms with Gasteiger partial charge in [0.1, 0.15) is 11.4 Å². The third kappa shape index (κ3) is 3.76. The molecule has 3 aromatic rings. The first-order chi connectivity index (χ1) is 12.1. The maximum absolute atomic E-state index is 12.5. The summed E-state index contributed by atoms with van der Waals surface area (Å²) in [7, 11) is 0. The molecule has 0 bridgehead atoms. The fourth-order valence-electron chi connectivity index (χ4n) is 2.39. The quantitative estimate of drug-likeness (QED) is 0.630. The second-order valence-corrected chi connectivity index (χ2v) is 6.72. The molecular formula is C18H19N3O3S. The van der Waals surface area contributed by atoms with Gasteiger partial charge < -0.3 is 4.74 Å². The van der Waals surface area contributed by atoms with Crippen molar-refractivity contribution < 1.29 is 4.74 Å². The van der Waals surface area contributed by atoms with Crippen molar-refractivity contribution in [3.63, 3.8) is 0 Å². The van der Waals surface area contributed by atoms with Gasteiger partial charge in [0.05, 0.1) is 11.1 Å². The minimum Gasteiger partial charge on any atom is -0.493 e. The van der Waals surface area contributed by atoms with Crippen LogP contribution in [0, 0.1) is 6.92 Å². The van der Waals surface area contributed by atoms with Crippen LogP contribution in [0.15, 0.2) is 33.9 Å². The second-order valence-electron chi connectivity index (χ2n) is 5.71. The highest BCUT2D eigenvalue weighted by Crippen LogP contribution is 2.19. The van der Waals surface area contributed by atoms with Gasteiger partial charge in [0.25, 0.3) is 11.1 Å². The lowest BCUT2D eigenvalue weighted by Crippen LogP contribution is -2.27. The van der Waals surface area contributed by atoms with Crippen LogP contribution in [0.3, 0.4) is 0 Å². The molecule has 0 saturated carbocycles. The van der Waals surface area contributed by atoms with E-state index in [1.54, 1.807) is 13.0 Å². The Kier molecular flexibility index (Phi) is 5.23. The summed E-state index contributed by atoms with van der Waals surface area (Å²) >= 11 is 1.15. The van der Waals surface area contributed by atoms with E-state index >= 15 is 0 Å². The zero-order valence-corrected chi connectivity index (χ0v) is 15.0. The van der Waals surface area contributed by atoms with Crippen molar-refractivity contribution in [2.45, 2.75) is 33.1 Å². The van der Waals surface area contributed by atoms with E-state index in [9.17, 15) is 9.59 Å². The smallest absolute Gasteiger partial charge is 0.295 e. The first-order valence-corrected chi connectivity index (χ1v) is 9.06. The van der Waals surface area contributed by atoms with Crippen molar-refractivity contribution in [2.75, 3.05) is 6.61 Å². The lowest BCUT2D eigenvalue weighted by Gasteiger charge is -2.08. The van der Waals surface area contributed by atoms with Gasteiger partial charge in [-0.15, -0.1) is 0 Å². The van der Waals surface area contributed by atoms with E-state index in [2.05, 4.69) is 17.0 Å². The first-order valence-electron chi connectivity index (χ1n) is 8.24. The van der Waals surface area contributed by atoms with E-state index in [1.807, 2.05) is 24.3 Å². The molecule has 0 aliphatic rings. The second kappa shape index (κ2) is 7.57. The Bertz CT molecular complexity index is 1060. The molecule has 0 atom stereocenters. The van der Waals surface area contributed by atoms with Crippen LogP contribution in [0.5, 0.6) is 5.75 Å². The van der Waals surface area contributed by atoms with Gasteiger partial charge in [0.2, 0.25) is 4.96 Å². The van der Waals surface area contributed by atoms with Gasteiger partial charge in [0.15, 0.2) is 0 Å². The lowest BCUT2D eigenvalue weighted by molar-refractivity contribution is 0.305. The number of thiazole rings is 1. The summed E-state index contributed by atoms with van der Waals surface area (Å²) in [5, 5.41) is 4.02. The molecular weight excluding hydrogens is 338 g/mol. The monoisotopic (exact) mass is 357 g/mol. The zero-order valence-electron chi connectivity index (χ0n) is 14.2.